The molecular formula is C9H9N5O. The number of aromatic amines is 1. The van der Waals surface area contributed by atoms with E-state index >= 15 is 0 Å². The largest absolute Gasteiger partial charge is 0.462 e. The minimum atomic E-state index is 0.127. The minimum Gasteiger partial charge on any atom is -0.462 e. The van der Waals surface area contributed by atoms with E-state index in [9.17, 15) is 0 Å². The lowest BCUT2D eigenvalue weighted by molar-refractivity contribution is 0.315. The fourth-order valence-corrected chi connectivity index (χ4v) is 1.63. The van der Waals surface area contributed by atoms with Crippen LogP contribution in [0, 0.1) is 0 Å². The molecule has 0 amide bonds. The Morgan fingerprint density at radius 3 is 3.20 bits per heavy atom. The van der Waals surface area contributed by atoms with Gasteiger partial charge in [0.1, 0.15) is 6.73 Å². The van der Waals surface area contributed by atoms with Crippen molar-refractivity contribution in [3.63, 3.8) is 0 Å². The molecule has 3 rings (SSSR count). The number of aromatic nitrogens is 4. The van der Waals surface area contributed by atoms with Crippen molar-refractivity contribution in [3.8, 4) is 5.88 Å². The van der Waals surface area contributed by atoms with Crippen LogP contribution >= 0.6 is 0 Å². The minimum absolute atomic E-state index is 0.127. The van der Waals surface area contributed by atoms with Crippen molar-refractivity contribution in [1.82, 2.24) is 19.4 Å². The summed E-state index contributed by atoms with van der Waals surface area (Å²) < 4.78 is 7.14. The lowest BCUT2D eigenvalue weighted by Crippen LogP contribution is -2.08. The van der Waals surface area contributed by atoms with E-state index in [2.05, 4.69) is 15.0 Å². The van der Waals surface area contributed by atoms with Gasteiger partial charge in [-0.3, -0.25) is 10.1 Å². The molecule has 0 radical (unpaired) electrons. The summed E-state index contributed by atoms with van der Waals surface area (Å²) in [5.41, 5.74) is 7.80. The zero-order valence-corrected chi connectivity index (χ0v) is 7.84. The van der Waals surface area contributed by atoms with Gasteiger partial charge in [0.15, 0.2) is 11.3 Å². The highest BCUT2D eigenvalue weighted by molar-refractivity contribution is 5.75. The Labute approximate surface area is 84.7 Å². The molecule has 3 aromatic heterocycles. The molecule has 0 aromatic carbocycles. The van der Waals surface area contributed by atoms with Crippen LogP contribution in [0.25, 0.3) is 16.8 Å². The fraction of sp³-hybridized carbons (Fsp3) is 0.111. The summed E-state index contributed by atoms with van der Waals surface area (Å²) in [4.78, 5) is 11.4. The second-order valence-corrected chi connectivity index (χ2v) is 3.07. The molecule has 0 saturated carbocycles. The first kappa shape index (κ1) is 8.25. The van der Waals surface area contributed by atoms with Gasteiger partial charge in [-0.25, -0.2) is 9.97 Å². The molecule has 0 spiro atoms. The van der Waals surface area contributed by atoms with Gasteiger partial charge >= 0.3 is 0 Å². The van der Waals surface area contributed by atoms with Crippen LogP contribution in [-0.2, 0) is 0 Å². The summed E-state index contributed by atoms with van der Waals surface area (Å²) in [7, 11) is 0. The highest BCUT2D eigenvalue weighted by Crippen LogP contribution is 2.19. The van der Waals surface area contributed by atoms with E-state index in [1.807, 2.05) is 16.7 Å². The van der Waals surface area contributed by atoms with Crippen LogP contribution in [-0.4, -0.2) is 26.1 Å². The van der Waals surface area contributed by atoms with Gasteiger partial charge in [-0.1, -0.05) is 0 Å². The van der Waals surface area contributed by atoms with Crippen molar-refractivity contribution in [2.75, 3.05) is 6.73 Å². The Morgan fingerprint density at radius 2 is 2.33 bits per heavy atom. The van der Waals surface area contributed by atoms with E-state index in [-0.39, 0.29) is 6.73 Å². The molecule has 0 aliphatic rings. The highest BCUT2D eigenvalue weighted by Gasteiger charge is 2.08. The number of fused-ring (bicyclic) bond motifs is 3. The van der Waals surface area contributed by atoms with Gasteiger partial charge < -0.3 is 9.72 Å². The van der Waals surface area contributed by atoms with Crippen LogP contribution in [0.1, 0.15) is 0 Å². The van der Waals surface area contributed by atoms with Crippen molar-refractivity contribution in [2.24, 2.45) is 5.73 Å². The lowest BCUT2D eigenvalue weighted by atomic mass is 10.5. The molecule has 0 saturated heterocycles. The quantitative estimate of drug-likeness (QED) is 0.594. The van der Waals surface area contributed by atoms with Crippen molar-refractivity contribution in [3.05, 3.63) is 24.7 Å². The Morgan fingerprint density at radius 1 is 1.40 bits per heavy atom. The second-order valence-electron chi connectivity index (χ2n) is 3.07. The number of nitrogens with zero attached hydrogens (tertiary/aromatic N) is 3. The molecule has 6 nitrogen and oxygen atoms in total. The van der Waals surface area contributed by atoms with Crippen molar-refractivity contribution in [1.29, 1.82) is 0 Å². The van der Waals surface area contributed by atoms with E-state index in [0.717, 1.165) is 16.8 Å². The zero-order chi connectivity index (χ0) is 10.3. The third-order valence-electron chi connectivity index (χ3n) is 2.24. The molecule has 6 heteroatoms. The Hall–Kier alpha value is -2.08. The SMILES string of the molecule is NCOc1cnc2cnc3[nH]ccc3n12. The molecule has 0 unspecified atom stereocenters. The van der Waals surface area contributed by atoms with Crippen LogP contribution < -0.4 is 10.5 Å². The molecule has 0 bridgehead atoms. The van der Waals surface area contributed by atoms with E-state index in [1.165, 1.54) is 0 Å². The van der Waals surface area contributed by atoms with E-state index in [4.69, 9.17) is 10.5 Å². The maximum Gasteiger partial charge on any atom is 0.220 e. The zero-order valence-electron chi connectivity index (χ0n) is 7.84. The van der Waals surface area contributed by atoms with E-state index < -0.39 is 0 Å². The topological polar surface area (TPSA) is 81.2 Å². The van der Waals surface area contributed by atoms with Gasteiger partial charge in [0.05, 0.1) is 17.9 Å². The molecule has 76 valence electrons. The third kappa shape index (κ3) is 1.08. The van der Waals surface area contributed by atoms with Gasteiger partial charge in [0.25, 0.3) is 0 Å². The number of hydrogen-bond acceptors (Lipinski definition) is 4. The number of nitrogens with one attached hydrogen (secondary N) is 1. The highest BCUT2D eigenvalue weighted by atomic mass is 16.5. The first-order chi connectivity index (χ1) is 7.40. The van der Waals surface area contributed by atoms with E-state index in [0.29, 0.717) is 5.88 Å². The van der Waals surface area contributed by atoms with Crippen LogP contribution in [0.4, 0.5) is 0 Å². The monoisotopic (exact) mass is 203 g/mol. The third-order valence-corrected chi connectivity index (χ3v) is 2.24. The summed E-state index contributed by atoms with van der Waals surface area (Å²) in [5.74, 6) is 0.625. The molecule has 0 atom stereocenters. The summed E-state index contributed by atoms with van der Waals surface area (Å²) in [6, 6.07) is 1.92. The average molecular weight is 203 g/mol. The predicted octanol–water partition coefficient (Wildman–Crippen LogP) is 0.506. The van der Waals surface area contributed by atoms with Crippen LogP contribution in [0.2, 0.25) is 0 Å². The maximum absolute atomic E-state index is 5.34. The first-order valence-electron chi connectivity index (χ1n) is 4.52. The molecule has 3 heterocycles. The predicted molar refractivity (Wildman–Crippen MR) is 54.5 cm³/mol. The van der Waals surface area contributed by atoms with E-state index in [1.54, 1.807) is 12.4 Å². The number of imidazole rings is 1. The van der Waals surface area contributed by atoms with Crippen LogP contribution in [0.15, 0.2) is 24.7 Å². The summed E-state index contributed by atoms with van der Waals surface area (Å²) in [6.45, 7) is 0.127. The molecule has 15 heavy (non-hydrogen) atoms. The Balaban J connectivity index is 2.41. The fourth-order valence-electron chi connectivity index (χ4n) is 1.63. The van der Waals surface area contributed by atoms with Gasteiger partial charge in [-0.15, -0.1) is 0 Å². The Bertz CT molecular complexity index is 611. The first-order valence-corrected chi connectivity index (χ1v) is 4.52. The molecular weight excluding hydrogens is 194 g/mol. The van der Waals surface area contributed by atoms with Crippen molar-refractivity contribution >= 4 is 16.8 Å². The standard InChI is InChI=1S/C9H9N5O/c10-5-15-8-4-12-7-3-13-9-6(14(7)8)1-2-11-9/h1-4,11H,5,10H2. The number of hydrogen-bond donors (Lipinski definition) is 2. The summed E-state index contributed by atoms with van der Waals surface area (Å²) in [6.07, 6.45) is 5.14. The van der Waals surface area contributed by atoms with Gasteiger partial charge in [0, 0.05) is 6.20 Å². The second kappa shape index (κ2) is 2.96. The normalized spacial score (nSPS) is 11.3. The Kier molecular flexibility index (Phi) is 1.63. The van der Waals surface area contributed by atoms with Crippen molar-refractivity contribution in [2.45, 2.75) is 0 Å². The smallest absolute Gasteiger partial charge is 0.220 e. The molecule has 0 aliphatic carbocycles. The maximum atomic E-state index is 5.34. The van der Waals surface area contributed by atoms with Crippen LogP contribution in [0.5, 0.6) is 5.88 Å². The summed E-state index contributed by atoms with van der Waals surface area (Å²) in [5, 5.41) is 0. The molecule has 0 fully saturated rings. The molecule has 3 aromatic rings. The van der Waals surface area contributed by atoms with Gasteiger partial charge in [0.2, 0.25) is 5.88 Å². The molecule has 0 aliphatic heterocycles. The van der Waals surface area contributed by atoms with Gasteiger partial charge in [-0.05, 0) is 6.07 Å². The average Bonchev–Trinajstić information content (AvgIpc) is 2.83. The number of rotatable bonds is 2. The lowest BCUT2D eigenvalue weighted by Gasteiger charge is -2.02. The van der Waals surface area contributed by atoms with Crippen molar-refractivity contribution < 1.29 is 4.74 Å². The molecule has 3 N–H and O–H groups in total. The summed E-state index contributed by atoms with van der Waals surface area (Å²) >= 11 is 0. The van der Waals surface area contributed by atoms with Gasteiger partial charge in [-0.2, -0.15) is 0 Å². The number of nitrogens with two attached hydrogens (primary N) is 1. The number of ether oxygens (including phenoxy) is 1. The number of H-pyrrole nitrogens is 1. The van der Waals surface area contributed by atoms with Crippen LogP contribution in [0.3, 0.4) is 0 Å².